The molecule has 0 saturated heterocycles. The quantitative estimate of drug-likeness (QED) is 0.353. The Morgan fingerprint density at radius 3 is 2.91 bits per heavy atom. The third kappa shape index (κ3) is 3.27. The van der Waals surface area contributed by atoms with Crippen LogP contribution in [0.5, 0.6) is 0 Å². The molecule has 0 aliphatic carbocycles. The van der Waals surface area contributed by atoms with Crippen LogP contribution in [0.4, 0.5) is 11.4 Å². The number of carbonyl (C=O) groups excluding carboxylic acids is 1. The van der Waals surface area contributed by atoms with E-state index in [-0.39, 0.29) is 28.3 Å². The number of methoxy groups -OCH3 is 1. The zero-order chi connectivity index (χ0) is 16.8. The molecule has 0 unspecified atom stereocenters. The molecule has 0 spiro atoms. The van der Waals surface area contributed by atoms with Gasteiger partial charge in [0.25, 0.3) is 5.69 Å². The highest BCUT2D eigenvalue weighted by atomic mass is 16.6. The number of nitriles is 1. The highest BCUT2D eigenvalue weighted by molar-refractivity contribution is 5.98. The topological polar surface area (TPSA) is 160 Å². The highest BCUT2D eigenvalue weighted by Crippen LogP contribution is 2.29. The molecule has 0 saturated carbocycles. The SMILES string of the molecule is COC(=O)c1cccc([N+](=O)[O-])c1NC=C(C#N)c1nn[nH]n1. The molecule has 0 amide bonds. The van der Waals surface area contributed by atoms with Crippen LogP contribution in [0.15, 0.2) is 24.4 Å². The first-order chi connectivity index (χ1) is 11.1. The Morgan fingerprint density at radius 2 is 2.35 bits per heavy atom. The number of nitrogens with one attached hydrogen (secondary N) is 2. The normalized spacial score (nSPS) is 10.7. The van der Waals surface area contributed by atoms with Crippen LogP contribution >= 0.6 is 0 Å². The molecule has 1 aromatic carbocycles. The summed E-state index contributed by atoms with van der Waals surface area (Å²) in [5.41, 5.74) is -0.550. The molecule has 116 valence electrons. The molecule has 2 N–H and O–H groups in total. The van der Waals surface area contributed by atoms with Crippen molar-refractivity contribution in [3.8, 4) is 6.07 Å². The van der Waals surface area contributed by atoms with E-state index in [4.69, 9.17) is 5.26 Å². The number of anilines is 1. The van der Waals surface area contributed by atoms with Gasteiger partial charge in [0.1, 0.15) is 17.3 Å². The molecule has 0 radical (unpaired) electrons. The predicted octanol–water partition coefficient (Wildman–Crippen LogP) is 0.871. The van der Waals surface area contributed by atoms with E-state index in [0.29, 0.717) is 0 Å². The first kappa shape index (κ1) is 15.6. The third-order valence-corrected chi connectivity index (χ3v) is 2.71. The first-order valence-electron chi connectivity index (χ1n) is 6.04. The zero-order valence-corrected chi connectivity index (χ0v) is 11.7. The molecule has 0 aliphatic rings. The Labute approximate surface area is 128 Å². The van der Waals surface area contributed by atoms with Crippen LogP contribution in [-0.4, -0.2) is 38.6 Å². The summed E-state index contributed by atoms with van der Waals surface area (Å²) in [7, 11) is 1.15. The van der Waals surface area contributed by atoms with E-state index in [2.05, 4.69) is 30.7 Å². The van der Waals surface area contributed by atoms with Gasteiger partial charge in [0.05, 0.1) is 17.6 Å². The molecular weight excluding hydrogens is 306 g/mol. The lowest BCUT2D eigenvalue weighted by Gasteiger charge is -2.08. The number of ether oxygens (including phenoxy) is 1. The Bertz CT molecular complexity index is 807. The van der Waals surface area contributed by atoms with Gasteiger partial charge in [0.15, 0.2) is 0 Å². The van der Waals surface area contributed by atoms with Crippen LogP contribution in [-0.2, 0) is 4.74 Å². The number of rotatable bonds is 5. The average molecular weight is 315 g/mol. The summed E-state index contributed by atoms with van der Waals surface area (Å²) in [6, 6.07) is 5.73. The van der Waals surface area contributed by atoms with Crippen molar-refractivity contribution in [1.82, 2.24) is 20.6 Å². The summed E-state index contributed by atoms with van der Waals surface area (Å²) in [4.78, 5) is 22.2. The molecule has 2 rings (SSSR count). The minimum absolute atomic E-state index is 0.00166. The van der Waals surface area contributed by atoms with Crippen LogP contribution in [0.25, 0.3) is 5.57 Å². The number of tetrazole rings is 1. The van der Waals surface area contributed by atoms with Crippen LogP contribution in [0.2, 0.25) is 0 Å². The van der Waals surface area contributed by atoms with Crippen molar-refractivity contribution in [2.45, 2.75) is 0 Å². The highest BCUT2D eigenvalue weighted by Gasteiger charge is 2.22. The number of allylic oxidation sites excluding steroid dienone is 1. The van der Waals surface area contributed by atoms with Crippen molar-refractivity contribution in [1.29, 1.82) is 5.26 Å². The van der Waals surface area contributed by atoms with E-state index >= 15 is 0 Å². The van der Waals surface area contributed by atoms with Crippen LogP contribution < -0.4 is 5.32 Å². The van der Waals surface area contributed by atoms with E-state index in [1.165, 1.54) is 18.2 Å². The van der Waals surface area contributed by atoms with Gasteiger partial charge in [-0.25, -0.2) is 4.79 Å². The Morgan fingerprint density at radius 1 is 1.57 bits per heavy atom. The molecule has 0 bridgehead atoms. The second-order valence-corrected chi connectivity index (χ2v) is 4.00. The van der Waals surface area contributed by atoms with E-state index in [0.717, 1.165) is 13.3 Å². The van der Waals surface area contributed by atoms with Gasteiger partial charge in [0, 0.05) is 12.3 Å². The van der Waals surface area contributed by atoms with Gasteiger partial charge in [-0.05, 0) is 11.3 Å². The molecular formula is C12H9N7O4. The third-order valence-electron chi connectivity index (χ3n) is 2.71. The van der Waals surface area contributed by atoms with Gasteiger partial charge in [-0.2, -0.15) is 10.5 Å². The maximum Gasteiger partial charge on any atom is 0.340 e. The zero-order valence-electron chi connectivity index (χ0n) is 11.7. The first-order valence-corrected chi connectivity index (χ1v) is 6.04. The van der Waals surface area contributed by atoms with Crippen LogP contribution in [0.3, 0.4) is 0 Å². The molecule has 1 aromatic heterocycles. The van der Waals surface area contributed by atoms with Gasteiger partial charge in [-0.3, -0.25) is 10.1 Å². The molecule has 0 atom stereocenters. The van der Waals surface area contributed by atoms with Crippen molar-refractivity contribution in [2.24, 2.45) is 0 Å². The Balaban J connectivity index is 2.47. The number of hydrogen-bond donors (Lipinski definition) is 2. The maximum absolute atomic E-state index is 11.7. The molecule has 23 heavy (non-hydrogen) atoms. The van der Waals surface area contributed by atoms with Crippen molar-refractivity contribution < 1.29 is 14.5 Å². The summed E-state index contributed by atoms with van der Waals surface area (Å²) in [5.74, 6) is -0.763. The van der Waals surface area contributed by atoms with Crippen molar-refractivity contribution in [2.75, 3.05) is 12.4 Å². The summed E-state index contributed by atoms with van der Waals surface area (Å²) >= 11 is 0. The number of hydrogen-bond acceptors (Lipinski definition) is 9. The van der Waals surface area contributed by atoms with Crippen molar-refractivity contribution >= 4 is 22.9 Å². The number of aromatic nitrogens is 4. The molecule has 0 aliphatic heterocycles. The standard InChI is InChI=1S/C12H9N7O4/c1-23-12(20)8-3-2-4-9(19(21)22)10(8)14-6-7(5-13)11-15-17-18-16-11/h2-4,6,14H,1H3,(H,15,16,17,18). The number of para-hydroxylation sites is 1. The lowest BCUT2D eigenvalue weighted by atomic mass is 10.1. The number of nitrogens with zero attached hydrogens (tertiary/aromatic N) is 5. The lowest BCUT2D eigenvalue weighted by Crippen LogP contribution is -2.08. The molecule has 2 aromatic rings. The monoisotopic (exact) mass is 315 g/mol. The molecule has 11 nitrogen and oxygen atoms in total. The lowest BCUT2D eigenvalue weighted by molar-refractivity contribution is -0.383. The second-order valence-electron chi connectivity index (χ2n) is 4.00. The van der Waals surface area contributed by atoms with Crippen LogP contribution in [0.1, 0.15) is 16.2 Å². The summed E-state index contributed by atoms with van der Waals surface area (Å²) < 4.78 is 4.59. The number of carbonyl (C=O) groups is 1. The maximum atomic E-state index is 11.7. The number of nitro groups is 1. The van der Waals surface area contributed by atoms with Gasteiger partial charge >= 0.3 is 5.97 Å². The van der Waals surface area contributed by atoms with Gasteiger partial charge < -0.3 is 10.1 Å². The molecule has 1 heterocycles. The van der Waals surface area contributed by atoms with E-state index < -0.39 is 10.9 Å². The molecule has 11 heteroatoms. The fraction of sp³-hybridized carbons (Fsp3) is 0.0833. The average Bonchev–Trinajstić information content (AvgIpc) is 3.08. The number of benzene rings is 1. The minimum Gasteiger partial charge on any atom is -0.465 e. The van der Waals surface area contributed by atoms with Crippen LogP contribution in [0, 0.1) is 21.4 Å². The predicted molar refractivity (Wildman–Crippen MR) is 75.8 cm³/mol. The second kappa shape index (κ2) is 6.76. The Kier molecular flexibility index (Phi) is 4.58. The summed E-state index contributed by atoms with van der Waals surface area (Å²) in [6.07, 6.45) is 1.14. The summed E-state index contributed by atoms with van der Waals surface area (Å²) in [6.45, 7) is 0. The number of aromatic amines is 1. The molecule has 0 fully saturated rings. The van der Waals surface area contributed by atoms with Gasteiger partial charge in [-0.15, -0.1) is 10.2 Å². The Hall–Kier alpha value is -3.81. The summed E-state index contributed by atoms with van der Waals surface area (Å²) in [5, 5.41) is 35.5. The largest absolute Gasteiger partial charge is 0.465 e. The fourth-order valence-corrected chi connectivity index (χ4v) is 1.69. The number of esters is 1. The van der Waals surface area contributed by atoms with Crippen molar-refractivity contribution in [3.05, 3.63) is 45.9 Å². The minimum atomic E-state index is -0.761. The van der Waals surface area contributed by atoms with Gasteiger partial charge in [-0.1, -0.05) is 6.07 Å². The van der Waals surface area contributed by atoms with E-state index in [9.17, 15) is 14.9 Å². The van der Waals surface area contributed by atoms with E-state index in [1.807, 2.05) is 6.07 Å². The fourth-order valence-electron chi connectivity index (χ4n) is 1.69. The smallest absolute Gasteiger partial charge is 0.340 e. The number of nitro benzene ring substituents is 1. The van der Waals surface area contributed by atoms with Crippen molar-refractivity contribution in [3.63, 3.8) is 0 Å². The van der Waals surface area contributed by atoms with E-state index in [1.54, 1.807) is 0 Å². The number of H-pyrrole nitrogens is 1. The van der Waals surface area contributed by atoms with Gasteiger partial charge in [0.2, 0.25) is 5.82 Å².